The summed E-state index contributed by atoms with van der Waals surface area (Å²) < 4.78 is 32.2. The summed E-state index contributed by atoms with van der Waals surface area (Å²) in [5.41, 5.74) is 0.728. The second-order valence-electron chi connectivity index (χ2n) is 6.70. The van der Waals surface area contributed by atoms with Crippen LogP contribution in [0.15, 0.2) is 65.1 Å². The standard InChI is InChI=1S/C21H16ClF2N5O3S/c1-2-9-28-18(31)13-5-3-4-6-15(13)29-20(28)26-27-21(29)33-11-17(30)25-12-7-8-16(14(22)10-12)32-19(23)24/h2-8,10,19H,1,9,11H2,(H,25,30). The number of aromatic nitrogens is 4. The molecule has 4 rings (SSSR count). The lowest BCUT2D eigenvalue weighted by Gasteiger charge is -2.10. The number of hydrogen-bond donors (Lipinski definition) is 1. The van der Waals surface area contributed by atoms with Crippen LogP contribution in [-0.4, -0.2) is 37.4 Å². The van der Waals surface area contributed by atoms with Crippen LogP contribution in [0.4, 0.5) is 14.5 Å². The quantitative estimate of drug-likeness (QED) is 0.293. The molecule has 0 spiro atoms. The minimum absolute atomic E-state index is 0.0252. The molecule has 0 unspecified atom stereocenters. The van der Waals surface area contributed by atoms with E-state index in [0.717, 1.165) is 11.8 Å². The number of benzene rings is 2. The van der Waals surface area contributed by atoms with E-state index in [1.54, 1.807) is 34.7 Å². The third-order valence-corrected chi connectivity index (χ3v) is 5.78. The molecule has 0 bridgehead atoms. The Hall–Kier alpha value is -3.44. The third kappa shape index (κ3) is 4.69. The van der Waals surface area contributed by atoms with Crippen molar-refractivity contribution in [1.82, 2.24) is 19.2 Å². The van der Waals surface area contributed by atoms with Crippen LogP contribution in [0, 0.1) is 0 Å². The highest BCUT2D eigenvalue weighted by Gasteiger charge is 2.17. The van der Waals surface area contributed by atoms with Gasteiger partial charge in [0.2, 0.25) is 11.7 Å². The maximum Gasteiger partial charge on any atom is 0.387 e. The number of nitrogens with one attached hydrogen (secondary N) is 1. The SMILES string of the molecule is C=CCn1c(=O)c2ccccc2n2c(SCC(=O)Nc3ccc(OC(F)F)c(Cl)c3)nnc12. The number of ether oxygens (including phenoxy) is 1. The number of allylic oxidation sites excluding steroid dienone is 1. The Morgan fingerprint density at radius 3 is 2.79 bits per heavy atom. The van der Waals surface area contributed by atoms with Crippen LogP contribution < -0.4 is 15.6 Å². The van der Waals surface area contributed by atoms with Crippen LogP contribution in [-0.2, 0) is 11.3 Å². The first kappa shape index (κ1) is 22.7. The van der Waals surface area contributed by atoms with Gasteiger partial charge in [0.05, 0.1) is 21.7 Å². The fraction of sp³-hybridized carbons (Fsp3) is 0.143. The average molecular weight is 492 g/mol. The van der Waals surface area contributed by atoms with E-state index in [1.807, 2.05) is 0 Å². The number of hydrogen-bond acceptors (Lipinski definition) is 6. The molecule has 0 atom stereocenters. The molecule has 8 nitrogen and oxygen atoms in total. The molecule has 0 saturated heterocycles. The van der Waals surface area contributed by atoms with Crippen molar-refractivity contribution >= 4 is 51.6 Å². The van der Waals surface area contributed by atoms with Gasteiger partial charge in [-0.2, -0.15) is 8.78 Å². The van der Waals surface area contributed by atoms with Crippen molar-refractivity contribution in [3.05, 3.63) is 70.5 Å². The molecule has 2 aromatic carbocycles. The highest BCUT2D eigenvalue weighted by Crippen LogP contribution is 2.29. The van der Waals surface area contributed by atoms with E-state index in [1.165, 1.54) is 22.8 Å². The molecule has 0 aliphatic rings. The van der Waals surface area contributed by atoms with Gasteiger partial charge in [-0.1, -0.05) is 41.6 Å². The lowest BCUT2D eigenvalue weighted by Crippen LogP contribution is -2.22. The van der Waals surface area contributed by atoms with Gasteiger partial charge in [0.1, 0.15) is 5.75 Å². The van der Waals surface area contributed by atoms with Crippen LogP contribution >= 0.6 is 23.4 Å². The molecule has 33 heavy (non-hydrogen) atoms. The first-order chi connectivity index (χ1) is 15.9. The normalized spacial score (nSPS) is 11.3. The Balaban J connectivity index is 1.56. The third-order valence-electron chi connectivity index (χ3n) is 4.55. The number of para-hydroxylation sites is 1. The lowest BCUT2D eigenvalue weighted by molar-refractivity contribution is -0.113. The number of alkyl halides is 2. The van der Waals surface area contributed by atoms with Crippen molar-refractivity contribution in [3.8, 4) is 5.75 Å². The summed E-state index contributed by atoms with van der Waals surface area (Å²) in [7, 11) is 0. The molecule has 0 saturated carbocycles. The van der Waals surface area contributed by atoms with Crippen LogP contribution in [0.25, 0.3) is 16.7 Å². The van der Waals surface area contributed by atoms with Gasteiger partial charge >= 0.3 is 6.61 Å². The van der Waals surface area contributed by atoms with Crippen molar-refractivity contribution in [2.24, 2.45) is 0 Å². The van der Waals surface area contributed by atoms with E-state index in [9.17, 15) is 18.4 Å². The molecule has 0 aliphatic carbocycles. The topological polar surface area (TPSA) is 90.5 Å². The molecule has 0 radical (unpaired) electrons. The van der Waals surface area contributed by atoms with E-state index >= 15 is 0 Å². The maximum absolute atomic E-state index is 12.8. The van der Waals surface area contributed by atoms with Gasteiger partial charge in [-0.05, 0) is 30.3 Å². The maximum atomic E-state index is 12.8. The van der Waals surface area contributed by atoms with Crippen LogP contribution in [0.5, 0.6) is 5.75 Å². The van der Waals surface area contributed by atoms with Crippen LogP contribution in [0.3, 0.4) is 0 Å². The molecule has 2 aromatic heterocycles. The van der Waals surface area contributed by atoms with Gasteiger partial charge in [0, 0.05) is 12.2 Å². The number of halogens is 3. The first-order valence-corrected chi connectivity index (χ1v) is 10.9. The molecule has 170 valence electrons. The number of thioether (sulfide) groups is 1. The zero-order valence-corrected chi connectivity index (χ0v) is 18.4. The van der Waals surface area contributed by atoms with Crippen molar-refractivity contribution in [3.63, 3.8) is 0 Å². The summed E-state index contributed by atoms with van der Waals surface area (Å²) in [6.07, 6.45) is 1.59. The number of nitrogens with zero attached hydrogens (tertiary/aromatic N) is 4. The van der Waals surface area contributed by atoms with Crippen LogP contribution in [0.2, 0.25) is 5.02 Å². The molecular formula is C21H16ClF2N5O3S. The number of fused-ring (bicyclic) bond motifs is 3. The van der Waals surface area contributed by atoms with Gasteiger partial charge < -0.3 is 10.1 Å². The number of rotatable bonds is 8. The van der Waals surface area contributed by atoms with E-state index in [-0.39, 0.29) is 34.5 Å². The highest BCUT2D eigenvalue weighted by atomic mass is 35.5. The lowest BCUT2D eigenvalue weighted by atomic mass is 10.2. The fourth-order valence-corrected chi connectivity index (χ4v) is 4.18. The Kier molecular flexibility index (Phi) is 6.61. The van der Waals surface area contributed by atoms with Crippen molar-refractivity contribution in [1.29, 1.82) is 0 Å². The number of carbonyl (C=O) groups is 1. The summed E-state index contributed by atoms with van der Waals surface area (Å²) >= 11 is 7.04. The summed E-state index contributed by atoms with van der Waals surface area (Å²) in [4.78, 5) is 25.3. The molecule has 0 fully saturated rings. The monoisotopic (exact) mass is 491 g/mol. The Morgan fingerprint density at radius 2 is 2.06 bits per heavy atom. The second-order valence-corrected chi connectivity index (χ2v) is 8.05. The van der Waals surface area contributed by atoms with Gasteiger partial charge in [0.25, 0.3) is 5.56 Å². The minimum atomic E-state index is -3.00. The fourth-order valence-electron chi connectivity index (χ4n) is 3.22. The highest BCUT2D eigenvalue weighted by molar-refractivity contribution is 7.99. The zero-order chi connectivity index (χ0) is 23.5. The molecule has 12 heteroatoms. The minimum Gasteiger partial charge on any atom is -0.433 e. The van der Waals surface area contributed by atoms with Crippen LogP contribution in [0.1, 0.15) is 0 Å². The Morgan fingerprint density at radius 1 is 1.27 bits per heavy atom. The first-order valence-electron chi connectivity index (χ1n) is 9.53. The smallest absolute Gasteiger partial charge is 0.387 e. The van der Waals surface area contributed by atoms with Gasteiger partial charge in [-0.15, -0.1) is 16.8 Å². The molecule has 4 aromatic rings. The number of amides is 1. The molecule has 0 aliphatic heterocycles. The number of anilines is 1. The molecule has 1 N–H and O–H groups in total. The molecular weight excluding hydrogens is 476 g/mol. The van der Waals surface area contributed by atoms with Gasteiger partial charge in [0.15, 0.2) is 5.16 Å². The summed E-state index contributed by atoms with van der Waals surface area (Å²) in [5, 5.41) is 11.8. The average Bonchev–Trinajstić information content (AvgIpc) is 3.21. The largest absolute Gasteiger partial charge is 0.433 e. The van der Waals surface area contributed by atoms with E-state index in [2.05, 4.69) is 26.8 Å². The summed E-state index contributed by atoms with van der Waals surface area (Å²) in [5.74, 6) is -0.254. The van der Waals surface area contributed by atoms with Crippen molar-refractivity contribution < 1.29 is 18.3 Å². The predicted molar refractivity (Wildman–Crippen MR) is 122 cm³/mol. The van der Waals surface area contributed by atoms with Gasteiger partial charge in [-0.3, -0.25) is 18.6 Å². The zero-order valence-electron chi connectivity index (χ0n) is 16.9. The summed E-state index contributed by atoms with van der Waals surface area (Å²) in [6.45, 7) is 0.935. The van der Waals surface area contributed by atoms with E-state index in [4.69, 9.17) is 11.6 Å². The van der Waals surface area contributed by atoms with E-state index < -0.39 is 6.61 Å². The summed E-state index contributed by atoms with van der Waals surface area (Å²) in [6, 6.07) is 11.0. The van der Waals surface area contributed by atoms with Gasteiger partial charge in [-0.25, -0.2) is 0 Å². The van der Waals surface area contributed by atoms with Crippen molar-refractivity contribution in [2.45, 2.75) is 18.3 Å². The number of carbonyl (C=O) groups excluding carboxylic acids is 1. The van der Waals surface area contributed by atoms with Crippen molar-refractivity contribution in [2.75, 3.05) is 11.1 Å². The van der Waals surface area contributed by atoms with E-state index in [0.29, 0.717) is 27.5 Å². The molecule has 1 amide bonds. The second kappa shape index (κ2) is 9.59. The Bertz CT molecular complexity index is 1420. The molecule has 2 heterocycles. The Labute approximate surface area is 194 Å². The predicted octanol–water partition coefficient (Wildman–Crippen LogP) is 4.22.